The summed E-state index contributed by atoms with van der Waals surface area (Å²) >= 11 is 3.39. The third kappa shape index (κ3) is 4.43. The first kappa shape index (κ1) is 15.2. The third-order valence-corrected chi connectivity index (χ3v) is 4.09. The van der Waals surface area contributed by atoms with Crippen LogP contribution in [-0.2, 0) is 12.8 Å². The van der Waals surface area contributed by atoms with Crippen LogP contribution < -0.4 is 0 Å². The molecule has 0 aliphatic carbocycles. The number of benzene rings is 2. The lowest BCUT2D eigenvalue weighted by atomic mass is 10.0. The first-order valence-electron chi connectivity index (χ1n) is 6.72. The molecule has 1 unspecified atom stereocenters. The van der Waals surface area contributed by atoms with Gasteiger partial charge in [0.15, 0.2) is 0 Å². The zero-order chi connectivity index (χ0) is 14.5. The molecule has 2 rings (SSSR count). The molecule has 0 amide bonds. The summed E-state index contributed by atoms with van der Waals surface area (Å²) < 4.78 is 14.0. The van der Waals surface area contributed by atoms with Gasteiger partial charge in [0, 0.05) is 4.47 Å². The zero-order valence-electron chi connectivity index (χ0n) is 11.4. The maximum atomic E-state index is 13.2. The second kappa shape index (κ2) is 7.00. The summed E-state index contributed by atoms with van der Waals surface area (Å²) in [5.74, 6) is -0.269. The number of hydrogen-bond donors (Lipinski definition) is 1. The van der Waals surface area contributed by atoms with Crippen LogP contribution in [0.4, 0.5) is 4.39 Å². The lowest BCUT2D eigenvalue weighted by Gasteiger charge is -2.12. The Morgan fingerprint density at radius 3 is 2.75 bits per heavy atom. The van der Waals surface area contributed by atoms with Gasteiger partial charge < -0.3 is 5.11 Å². The predicted molar refractivity (Wildman–Crippen MR) is 83.3 cm³/mol. The number of rotatable bonds is 5. The third-order valence-electron chi connectivity index (χ3n) is 3.31. The molecule has 2 aromatic rings. The fourth-order valence-electron chi connectivity index (χ4n) is 2.26. The lowest BCUT2D eigenvalue weighted by molar-refractivity contribution is 0.165. The number of aryl methyl sites for hydroxylation is 2. The van der Waals surface area contributed by atoms with Crippen molar-refractivity contribution in [3.8, 4) is 0 Å². The van der Waals surface area contributed by atoms with E-state index in [4.69, 9.17) is 0 Å². The SMILES string of the molecule is Cc1cccc(CCC(O)Cc2cc(F)ccc2Br)c1. The van der Waals surface area contributed by atoms with Crippen molar-refractivity contribution in [2.45, 2.75) is 32.3 Å². The number of aliphatic hydroxyl groups excluding tert-OH is 1. The van der Waals surface area contributed by atoms with Gasteiger partial charge in [0.05, 0.1) is 6.10 Å². The normalized spacial score (nSPS) is 12.4. The van der Waals surface area contributed by atoms with Crippen LogP contribution in [0.25, 0.3) is 0 Å². The van der Waals surface area contributed by atoms with Crippen molar-refractivity contribution >= 4 is 15.9 Å². The van der Waals surface area contributed by atoms with Crippen molar-refractivity contribution in [3.63, 3.8) is 0 Å². The topological polar surface area (TPSA) is 20.2 Å². The first-order chi connectivity index (χ1) is 9.54. The highest BCUT2D eigenvalue weighted by Gasteiger charge is 2.09. The molecule has 106 valence electrons. The van der Waals surface area contributed by atoms with Gasteiger partial charge in [-0.05, 0) is 55.5 Å². The highest BCUT2D eigenvalue weighted by molar-refractivity contribution is 9.10. The number of halogens is 2. The van der Waals surface area contributed by atoms with Crippen LogP contribution in [0.1, 0.15) is 23.1 Å². The van der Waals surface area contributed by atoms with Crippen LogP contribution in [-0.4, -0.2) is 11.2 Å². The lowest BCUT2D eigenvalue weighted by Crippen LogP contribution is -2.12. The van der Waals surface area contributed by atoms with Gasteiger partial charge >= 0.3 is 0 Å². The van der Waals surface area contributed by atoms with E-state index in [1.165, 1.54) is 23.3 Å². The zero-order valence-corrected chi connectivity index (χ0v) is 13.0. The summed E-state index contributed by atoms with van der Waals surface area (Å²) in [7, 11) is 0. The molecule has 0 bridgehead atoms. The second-order valence-corrected chi connectivity index (χ2v) is 5.98. The van der Waals surface area contributed by atoms with Gasteiger partial charge in [0.25, 0.3) is 0 Å². The van der Waals surface area contributed by atoms with Crippen LogP contribution in [0.5, 0.6) is 0 Å². The Balaban J connectivity index is 1.92. The average Bonchev–Trinajstić information content (AvgIpc) is 2.41. The van der Waals surface area contributed by atoms with E-state index < -0.39 is 6.10 Å². The minimum Gasteiger partial charge on any atom is -0.393 e. The Hall–Kier alpha value is -1.19. The minimum atomic E-state index is -0.464. The van der Waals surface area contributed by atoms with Gasteiger partial charge in [-0.1, -0.05) is 45.8 Å². The van der Waals surface area contributed by atoms with E-state index in [9.17, 15) is 9.50 Å². The van der Waals surface area contributed by atoms with Gasteiger partial charge in [0.2, 0.25) is 0 Å². The molecule has 3 heteroatoms. The van der Waals surface area contributed by atoms with Gasteiger partial charge in [-0.15, -0.1) is 0 Å². The molecule has 1 N–H and O–H groups in total. The van der Waals surface area contributed by atoms with E-state index in [1.807, 2.05) is 6.07 Å². The summed E-state index contributed by atoms with van der Waals surface area (Å²) in [6, 6.07) is 12.8. The van der Waals surface area contributed by atoms with E-state index in [-0.39, 0.29) is 5.82 Å². The molecule has 0 fully saturated rings. The Bertz CT molecular complexity index is 583. The van der Waals surface area contributed by atoms with Crippen molar-refractivity contribution in [1.82, 2.24) is 0 Å². The molecule has 1 atom stereocenters. The van der Waals surface area contributed by atoms with E-state index in [0.717, 1.165) is 16.5 Å². The Labute approximate surface area is 127 Å². The molecule has 0 aromatic heterocycles. The molecule has 0 radical (unpaired) electrons. The van der Waals surface area contributed by atoms with Crippen LogP contribution >= 0.6 is 15.9 Å². The van der Waals surface area contributed by atoms with E-state index in [1.54, 1.807) is 6.07 Å². The molecule has 20 heavy (non-hydrogen) atoms. The van der Waals surface area contributed by atoms with E-state index in [2.05, 4.69) is 41.1 Å². The van der Waals surface area contributed by atoms with Crippen molar-refractivity contribution in [1.29, 1.82) is 0 Å². The van der Waals surface area contributed by atoms with Gasteiger partial charge in [-0.2, -0.15) is 0 Å². The molecular formula is C17H18BrFO. The minimum absolute atomic E-state index is 0.269. The van der Waals surface area contributed by atoms with E-state index >= 15 is 0 Å². The van der Waals surface area contributed by atoms with Crippen molar-refractivity contribution < 1.29 is 9.50 Å². The molecular weight excluding hydrogens is 319 g/mol. The van der Waals surface area contributed by atoms with Crippen LogP contribution in [0.2, 0.25) is 0 Å². The van der Waals surface area contributed by atoms with Crippen molar-refractivity contribution in [3.05, 3.63) is 69.4 Å². The fourth-order valence-corrected chi connectivity index (χ4v) is 2.67. The molecule has 1 nitrogen and oxygen atoms in total. The van der Waals surface area contributed by atoms with Crippen molar-refractivity contribution in [2.75, 3.05) is 0 Å². The highest BCUT2D eigenvalue weighted by Crippen LogP contribution is 2.20. The largest absolute Gasteiger partial charge is 0.393 e. The van der Waals surface area contributed by atoms with Gasteiger partial charge in [0.1, 0.15) is 5.82 Å². The predicted octanol–water partition coefficient (Wildman–Crippen LogP) is 4.43. The number of hydrogen-bond acceptors (Lipinski definition) is 1. The van der Waals surface area contributed by atoms with Crippen LogP contribution in [0, 0.1) is 12.7 Å². The summed E-state index contributed by atoms with van der Waals surface area (Å²) in [5.41, 5.74) is 3.26. The number of aliphatic hydroxyl groups is 1. The Kier molecular flexibility index (Phi) is 5.32. The standard InChI is InChI=1S/C17H18BrFO/c1-12-3-2-4-13(9-12)5-7-16(20)11-14-10-15(19)6-8-17(14)18/h2-4,6,8-10,16,20H,5,7,11H2,1H3. The smallest absolute Gasteiger partial charge is 0.123 e. The van der Waals surface area contributed by atoms with Gasteiger partial charge in [-0.3, -0.25) is 0 Å². The summed E-state index contributed by atoms with van der Waals surface area (Å²) in [6.45, 7) is 2.06. The quantitative estimate of drug-likeness (QED) is 0.856. The van der Waals surface area contributed by atoms with Crippen LogP contribution in [0.15, 0.2) is 46.9 Å². The molecule has 0 saturated heterocycles. The average molecular weight is 337 g/mol. The summed E-state index contributed by atoms with van der Waals surface area (Å²) in [6.07, 6.45) is 1.50. The Morgan fingerprint density at radius 2 is 2.00 bits per heavy atom. The first-order valence-corrected chi connectivity index (χ1v) is 7.51. The maximum absolute atomic E-state index is 13.2. The molecule has 0 saturated carbocycles. The van der Waals surface area contributed by atoms with E-state index in [0.29, 0.717) is 12.8 Å². The summed E-state index contributed by atoms with van der Waals surface area (Å²) in [4.78, 5) is 0. The van der Waals surface area contributed by atoms with Crippen molar-refractivity contribution in [2.24, 2.45) is 0 Å². The highest BCUT2D eigenvalue weighted by atomic mass is 79.9. The molecule has 0 aliphatic heterocycles. The van der Waals surface area contributed by atoms with Crippen LogP contribution in [0.3, 0.4) is 0 Å². The summed E-state index contributed by atoms with van der Waals surface area (Å²) in [5, 5.41) is 10.1. The fraction of sp³-hybridized carbons (Fsp3) is 0.294. The maximum Gasteiger partial charge on any atom is 0.123 e. The monoisotopic (exact) mass is 336 g/mol. The molecule has 0 spiro atoms. The molecule has 0 heterocycles. The second-order valence-electron chi connectivity index (χ2n) is 5.12. The molecule has 0 aliphatic rings. The Morgan fingerprint density at radius 1 is 1.20 bits per heavy atom. The molecule has 2 aromatic carbocycles. The van der Waals surface area contributed by atoms with Gasteiger partial charge in [-0.25, -0.2) is 4.39 Å².